The summed E-state index contributed by atoms with van der Waals surface area (Å²) in [6.07, 6.45) is 2.26. The second-order valence-corrected chi connectivity index (χ2v) is 5.15. The molecule has 0 saturated carbocycles. The number of hydrogen-bond acceptors (Lipinski definition) is 4. The minimum absolute atomic E-state index is 0.401. The lowest BCUT2D eigenvalue weighted by atomic mass is 10.1. The van der Waals surface area contributed by atoms with Gasteiger partial charge in [0.2, 0.25) is 0 Å². The van der Waals surface area contributed by atoms with Crippen LogP contribution in [0, 0.1) is 0 Å². The Morgan fingerprint density at radius 2 is 2.11 bits per heavy atom. The molecule has 1 aromatic carbocycles. The van der Waals surface area contributed by atoms with Crippen molar-refractivity contribution in [2.45, 2.75) is 12.8 Å². The van der Waals surface area contributed by atoms with Gasteiger partial charge in [-0.2, -0.15) is 0 Å². The van der Waals surface area contributed by atoms with Crippen LogP contribution in [0.25, 0.3) is 0 Å². The van der Waals surface area contributed by atoms with Crippen molar-refractivity contribution >= 4 is 22.9 Å². The highest BCUT2D eigenvalue weighted by Gasteiger charge is 2.06. The Balaban J connectivity index is 2.57. The smallest absolute Gasteiger partial charge is 0.120 e. The van der Waals surface area contributed by atoms with E-state index in [9.17, 15) is 0 Å². The first kappa shape index (κ1) is 15.7. The molecule has 19 heavy (non-hydrogen) atoms. The van der Waals surface area contributed by atoms with Crippen LogP contribution in [0.4, 0.5) is 5.69 Å². The highest BCUT2D eigenvalue weighted by Crippen LogP contribution is 2.22. The number of ether oxygens (including phenoxy) is 1. The summed E-state index contributed by atoms with van der Waals surface area (Å²) in [5, 5.41) is 3.38. The van der Waals surface area contributed by atoms with Crippen molar-refractivity contribution in [3.63, 3.8) is 0 Å². The third-order valence-corrected chi connectivity index (χ3v) is 3.06. The molecule has 1 aromatic rings. The van der Waals surface area contributed by atoms with Gasteiger partial charge in [0, 0.05) is 23.9 Å². The fraction of sp³-hybridized carbons (Fsp3) is 0.500. The molecule has 0 aromatic heterocycles. The van der Waals surface area contributed by atoms with Crippen molar-refractivity contribution in [1.29, 1.82) is 0 Å². The molecule has 0 heterocycles. The average Bonchev–Trinajstić information content (AvgIpc) is 2.37. The molecule has 0 fully saturated rings. The lowest BCUT2D eigenvalue weighted by Gasteiger charge is -2.13. The number of nitrogens with one attached hydrogen (secondary N) is 1. The summed E-state index contributed by atoms with van der Waals surface area (Å²) < 4.78 is 5.22. The van der Waals surface area contributed by atoms with E-state index in [1.807, 2.05) is 18.2 Å². The van der Waals surface area contributed by atoms with Gasteiger partial charge >= 0.3 is 0 Å². The van der Waals surface area contributed by atoms with E-state index in [0.717, 1.165) is 42.9 Å². The van der Waals surface area contributed by atoms with E-state index in [4.69, 9.17) is 22.7 Å². The second kappa shape index (κ2) is 7.96. The fourth-order valence-electron chi connectivity index (χ4n) is 1.79. The molecule has 0 radical (unpaired) electrons. The Morgan fingerprint density at radius 3 is 2.68 bits per heavy atom. The van der Waals surface area contributed by atoms with Gasteiger partial charge in [0.15, 0.2) is 0 Å². The molecule has 4 nitrogen and oxygen atoms in total. The molecule has 0 aliphatic heterocycles. The number of nitrogens with zero attached hydrogens (tertiary/aromatic N) is 1. The van der Waals surface area contributed by atoms with E-state index in [1.54, 1.807) is 7.11 Å². The van der Waals surface area contributed by atoms with Gasteiger partial charge in [0.05, 0.1) is 7.11 Å². The van der Waals surface area contributed by atoms with Gasteiger partial charge < -0.3 is 20.7 Å². The zero-order valence-corrected chi connectivity index (χ0v) is 12.7. The molecule has 0 spiro atoms. The maximum absolute atomic E-state index is 5.72. The molecule has 0 bridgehead atoms. The first-order valence-corrected chi connectivity index (χ1v) is 6.82. The number of methoxy groups -OCH3 is 1. The summed E-state index contributed by atoms with van der Waals surface area (Å²) in [6, 6.07) is 5.69. The average molecular weight is 281 g/mol. The van der Waals surface area contributed by atoms with Crippen LogP contribution in [-0.4, -0.2) is 44.2 Å². The molecule has 0 aliphatic carbocycles. The Morgan fingerprint density at radius 1 is 1.37 bits per heavy atom. The van der Waals surface area contributed by atoms with Gasteiger partial charge in [0.1, 0.15) is 10.7 Å². The van der Waals surface area contributed by atoms with Gasteiger partial charge in [-0.25, -0.2) is 0 Å². The van der Waals surface area contributed by atoms with Gasteiger partial charge in [-0.15, -0.1) is 0 Å². The summed E-state index contributed by atoms with van der Waals surface area (Å²) in [5.41, 5.74) is 7.53. The molecular formula is C14H23N3OS. The number of nitrogens with two attached hydrogens (primary N) is 1. The van der Waals surface area contributed by atoms with Crippen molar-refractivity contribution in [1.82, 2.24) is 4.90 Å². The molecule has 106 valence electrons. The van der Waals surface area contributed by atoms with E-state index < -0.39 is 0 Å². The Kier molecular flexibility index (Phi) is 6.59. The van der Waals surface area contributed by atoms with Gasteiger partial charge in [0.25, 0.3) is 0 Å². The Hall–Kier alpha value is -1.33. The quantitative estimate of drug-likeness (QED) is 0.564. The van der Waals surface area contributed by atoms with Crippen molar-refractivity contribution in [2.75, 3.05) is 39.6 Å². The molecule has 5 heteroatoms. The minimum atomic E-state index is 0.401. The lowest BCUT2D eigenvalue weighted by Crippen LogP contribution is -2.16. The van der Waals surface area contributed by atoms with Gasteiger partial charge in [-0.1, -0.05) is 12.2 Å². The summed E-state index contributed by atoms with van der Waals surface area (Å²) in [4.78, 5) is 2.59. The summed E-state index contributed by atoms with van der Waals surface area (Å²) in [5.74, 6) is 0.802. The topological polar surface area (TPSA) is 50.5 Å². The van der Waals surface area contributed by atoms with Crippen LogP contribution in [0.5, 0.6) is 5.75 Å². The maximum atomic E-state index is 5.72. The van der Waals surface area contributed by atoms with Gasteiger partial charge in [-0.05, 0) is 45.6 Å². The SMILES string of the molecule is COc1ccc(C(N)=S)c(NCCCCN(C)C)c1. The standard InChI is InChI=1S/C14H23N3OS/c1-17(2)9-5-4-8-16-13-10-11(18-3)6-7-12(13)14(15)19/h6-7,10,16H,4-5,8-9H2,1-3H3,(H2,15,19). The van der Waals surface area contributed by atoms with E-state index >= 15 is 0 Å². The second-order valence-electron chi connectivity index (χ2n) is 4.71. The highest BCUT2D eigenvalue weighted by molar-refractivity contribution is 7.80. The normalized spacial score (nSPS) is 10.5. The first-order valence-electron chi connectivity index (χ1n) is 6.41. The summed E-state index contributed by atoms with van der Waals surface area (Å²) in [7, 11) is 5.82. The third-order valence-electron chi connectivity index (χ3n) is 2.84. The van der Waals surface area contributed by atoms with Crippen LogP contribution in [0.1, 0.15) is 18.4 Å². The Bertz CT molecular complexity index is 421. The van der Waals surface area contributed by atoms with Crippen LogP contribution in [0.3, 0.4) is 0 Å². The first-order chi connectivity index (χ1) is 9.04. The predicted molar refractivity (Wildman–Crippen MR) is 85.2 cm³/mol. The van der Waals surface area contributed by atoms with Crippen LogP contribution in [-0.2, 0) is 0 Å². The molecule has 0 aliphatic rings. The molecule has 0 saturated heterocycles. The Labute approximate surface area is 120 Å². The van der Waals surface area contributed by atoms with Crippen molar-refractivity contribution in [2.24, 2.45) is 5.73 Å². The van der Waals surface area contributed by atoms with Crippen LogP contribution < -0.4 is 15.8 Å². The zero-order valence-electron chi connectivity index (χ0n) is 11.9. The summed E-state index contributed by atoms with van der Waals surface area (Å²) >= 11 is 5.06. The zero-order chi connectivity index (χ0) is 14.3. The number of hydrogen-bond donors (Lipinski definition) is 2. The van der Waals surface area contributed by atoms with Crippen molar-refractivity contribution in [3.05, 3.63) is 23.8 Å². The minimum Gasteiger partial charge on any atom is -0.497 e. The molecular weight excluding hydrogens is 258 g/mol. The number of unbranched alkanes of at least 4 members (excludes halogenated alkanes) is 1. The number of anilines is 1. The molecule has 0 unspecified atom stereocenters. The summed E-state index contributed by atoms with van der Waals surface area (Å²) in [6.45, 7) is 2.00. The highest BCUT2D eigenvalue weighted by atomic mass is 32.1. The molecule has 3 N–H and O–H groups in total. The fourth-order valence-corrected chi connectivity index (χ4v) is 1.97. The van der Waals surface area contributed by atoms with Gasteiger partial charge in [-0.3, -0.25) is 0 Å². The van der Waals surface area contributed by atoms with Crippen molar-refractivity contribution < 1.29 is 4.74 Å². The number of rotatable bonds is 8. The maximum Gasteiger partial charge on any atom is 0.120 e. The van der Waals surface area contributed by atoms with E-state index in [2.05, 4.69) is 24.3 Å². The molecule has 1 rings (SSSR count). The van der Waals surface area contributed by atoms with E-state index in [0.29, 0.717) is 4.99 Å². The largest absolute Gasteiger partial charge is 0.497 e. The third kappa shape index (κ3) is 5.44. The van der Waals surface area contributed by atoms with Crippen LogP contribution in [0.15, 0.2) is 18.2 Å². The van der Waals surface area contributed by atoms with E-state index in [-0.39, 0.29) is 0 Å². The number of benzene rings is 1. The number of thiocarbonyl (C=S) groups is 1. The van der Waals surface area contributed by atoms with Crippen LogP contribution >= 0.6 is 12.2 Å². The molecule has 0 amide bonds. The lowest BCUT2D eigenvalue weighted by molar-refractivity contribution is 0.396. The van der Waals surface area contributed by atoms with E-state index in [1.165, 1.54) is 0 Å². The predicted octanol–water partition coefficient (Wildman–Crippen LogP) is 2.08. The van der Waals surface area contributed by atoms with Crippen LogP contribution in [0.2, 0.25) is 0 Å². The molecule has 0 atom stereocenters. The monoisotopic (exact) mass is 281 g/mol. The van der Waals surface area contributed by atoms with Crippen molar-refractivity contribution in [3.8, 4) is 5.75 Å².